The molecular formula is C22H24ClFN2O3. The molecule has 0 N–H and O–H groups in total. The predicted octanol–water partition coefficient (Wildman–Crippen LogP) is 5.73. The van der Waals surface area contributed by atoms with E-state index in [1.54, 1.807) is 17.0 Å². The van der Waals surface area contributed by atoms with Crippen LogP contribution in [0.5, 0.6) is 0 Å². The summed E-state index contributed by atoms with van der Waals surface area (Å²) >= 11 is 5.97. The number of ether oxygens (including phenoxy) is 1. The molecule has 0 saturated carbocycles. The molecule has 29 heavy (non-hydrogen) atoms. The minimum atomic E-state index is -0.719. The highest BCUT2D eigenvalue weighted by Crippen LogP contribution is 2.43. The highest BCUT2D eigenvalue weighted by molar-refractivity contribution is 6.31. The first-order chi connectivity index (χ1) is 13.3. The van der Waals surface area contributed by atoms with Gasteiger partial charge in [0.05, 0.1) is 22.8 Å². The molecule has 0 spiro atoms. The number of hydrogen-bond acceptors (Lipinski definition) is 4. The van der Waals surface area contributed by atoms with Gasteiger partial charge in [0.2, 0.25) is 0 Å². The van der Waals surface area contributed by atoms with Crippen molar-refractivity contribution in [1.29, 1.82) is 0 Å². The molecular weight excluding hydrogens is 395 g/mol. The van der Waals surface area contributed by atoms with Gasteiger partial charge in [0.1, 0.15) is 17.1 Å². The first-order valence-electron chi connectivity index (χ1n) is 9.32. The second kappa shape index (κ2) is 7.10. The van der Waals surface area contributed by atoms with E-state index < -0.39 is 23.1 Å². The van der Waals surface area contributed by atoms with Crippen LogP contribution in [-0.4, -0.2) is 27.4 Å². The summed E-state index contributed by atoms with van der Waals surface area (Å²) in [5.74, 6) is -0.737. The van der Waals surface area contributed by atoms with Crippen molar-refractivity contribution in [2.24, 2.45) is 0 Å². The van der Waals surface area contributed by atoms with E-state index in [9.17, 15) is 14.0 Å². The summed E-state index contributed by atoms with van der Waals surface area (Å²) in [6.45, 7) is 10.9. The fourth-order valence-corrected chi connectivity index (χ4v) is 3.63. The van der Waals surface area contributed by atoms with Crippen LogP contribution in [0.1, 0.15) is 63.2 Å². The Morgan fingerprint density at radius 3 is 2.45 bits per heavy atom. The molecule has 1 aliphatic heterocycles. The number of benzene rings is 1. The molecule has 0 bridgehead atoms. The van der Waals surface area contributed by atoms with Crippen molar-refractivity contribution in [3.63, 3.8) is 0 Å². The lowest BCUT2D eigenvalue weighted by Gasteiger charge is -2.34. The number of fused-ring (bicyclic) bond motifs is 1. The van der Waals surface area contributed by atoms with Gasteiger partial charge in [-0.25, -0.2) is 14.2 Å². The summed E-state index contributed by atoms with van der Waals surface area (Å²) in [4.78, 5) is 31.1. The second-order valence-electron chi connectivity index (χ2n) is 8.69. The summed E-state index contributed by atoms with van der Waals surface area (Å²) in [6.07, 6.45) is -0.453. The van der Waals surface area contributed by atoms with Gasteiger partial charge in [-0.05, 0) is 64.4 Å². The molecule has 2 heterocycles. The van der Waals surface area contributed by atoms with Crippen LogP contribution < -0.4 is 0 Å². The molecule has 1 aromatic carbocycles. The largest absolute Gasteiger partial charge is 0.444 e. The number of ketones is 1. The van der Waals surface area contributed by atoms with Gasteiger partial charge in [0, 0.05) is 18.1 Å². The predicted molar refractivity (Wildman–Crippen MR) is 109 cm³/mol. The Hall–Kier alpha value is -2.47. The standard InChI is InChI=1S/C22H24ClFN2O3/c1-12(27)18-10-15-14(19(25-18)13-7-8-17(24)16(23)9-13)11-26(22(15,5)6)20(28)29-21(2,3)4/h7-10H,11H2,1-6H3. The number of carbonyl (C=O) groups is 2. The Labute approximate surface area is 174 Å². The van der Waals surface area contributed by atoms with Crippen molar-refractivity contribution in [3.05, 3.63) is 51.9 Å². The highest BCUT2D eigenvalue weighted by Gasteiger charge is 2.44. The van der Waals surface area contributed by atoms with Gasteiger partial charge < -0.3 is 4.74 Å². The molecule has 1 amide bonds. The fraction of sp³-hybridized carbons (Fsp3) is 0.409. The maximum Gasteiger partial charge on any atom is 0.411 e. The number of halogens is 2. The number of carbonyl (C=O) groups excluding carboxylic acids is 2. The van der Waals surface area contributed by atoms with Crippen LogP contribution in [0.15, 0.2) is 24.3 Å². The maximum absolute atomic E-state index is 13.7. The molecule has 7 heteroatoms. The molecule has 154 valence electrons. The third kappa shape index (κ3) is 3.99. The highest BCUT2D eigenvalue weighted by atomic mass is 35.5. The topological polar surface area (TPSA) is 59.5 Å². The SMILES string of the molecule is CC(=O)c1cc2c(c(-c3ccc(F)c(Cl)c3)n1)CN(C(=O)OC(C)(C)C)C2(C)C. The molecule has 2 aromatic rings. The van der Waals surface area contributed by atoms with Crippen LogP contribution in [0.25, 0.3) is 11.3 Å². The minimum absolute atomic E-state index is 0.0347. The lowest BCUT2D eigenvalue weighted by atomic mass is 9.91. The van der Waals surface area contributed by atoms with Crippen molar-refractivity contribution in [1.82, 2.24) is 9.88 Å². The van der Waals surface area contributed by atoms with E-state index in [0.29, 0.717) is 11.3 Å². The first kappa shape index (κ1) is 21.2. The Bertz CT molecular complexity index is 1010. The van der Waals surface area contributed by atoms with E-state index >= 15 is 0 Å². The van der Waals surface area contributed by atoms with Gasteiger partial charge in [-0.1, -0.05) is 11.6 Å². The average molecular weight is 419 g/mol. The smallest absolute Gasteiger partial charge is 0.411 e. The normalized spacial score (nSPS) is 15.2. The van der Waals surface area contributed by atoms with Gasteiger partial charge in [0.25, 0.3) is 0 Å². The lowest BCUT2D eigenvalue weighted by molar-refractivity contribution is 0.00520. The van der Waals surface area contributed by atoms with Crippen LogP contribution in [0.3, 0.4) is 0 Å². The quantitative estimate of drug-likeness (QED) is 0.584. The van der Waals surface area contributed by atoms with Gasteiger partial charge in [-0.15, -0.1) is 0 Å². The Morgan fingerprint density at radius 2 is 1.90 bits per heavy atom. The monoisotopic (exact) mass is 418 g/mol. The average Bonchev–Trinajstić information content (AvgIpc) is 2.86. The van der Waals surface area contributed by atoms with Crippen LogP contribution in [0.2, 0.25) is 5.02 Å². The number of nitrogens with zero attached hydrogens (tertiary/aromatic N) is 2. The van der Waals surface area contributed by atoms with Crippen molar-refractivity contribution in [2.75, 3.05) is 0 Å². The third-order valence-corrected chi connectivity index (χ3v) is 5.23. The molecule has 0 unspecified atom stereocenters. The lowest BCUT2D eigenvalue weighted by Crippen LogP contribution is -2.43. The summed E-state index contributed by atoms with van der Waals surface area (Å²) in [6, 6.07) is 6.03. The number of Topliss-reactive ketones (excluding diaryl/α,β-unsaturated/α-hetero) is 1. The molecule has 0 aliphatic carbocycles. The Morgan fingerprint density at radius 1 is 1.24 bits per heavy atom. The zero-order valence-electron chi connectivity index (χ0n) is 17.4. The molecule has 0 fully saturated rings. The molecule has 1 aromatic heterocycles. The molecule has 1 aliphatic rings. The molecule has 0 atom stereocenters. The Kier molecular flexibility index (Phi) is 5.20. The Balaban J connectivity index is 2.17. The minimum Gasteiger partial charge on any atom is -0.444 e. The van der Waals surface area contributed by atoms with Crippen LogP contribution >= 0.6 is 11.6 Å². The number of amides is 1. The third-order valence-electron chi connectivity index (χ3n) is 4.94. The van der Waals surface area contributed by atoms with Gasteiger partial charge in [-0.2, -0.15) is 0 Å². The number of aromatic nitrogens is 1. The van der Waals surface area contributed by atoms with Gasteiger partial charge >= 0.3 is 6.09 Å². The van der Waals surface area contributed by atoms with Crippen LogP contribution in [0, 0.1) is 5.82 Å². The van der Waals surface area contributed by atoms with E-state index in [-0.39, 0.29) is 23.0 Å². The first-order valence-corrected chi connectivity index (χ1v) is 9.70. The molecule has 0 saturated heterocycles. The fourth-order valence-electron chi connectivity index (χ4n) is 3.45. The number of pyridine rings is 1. The van der Waals surface area contributed by atoms with E-state index in [1.807, 2.05) is 34.6 Å². The maximum atomic E-state index is 13.7. The molecule has 0 radical (unpaired) electrons. The zero-order chi connectivity index (χ0) is 21.7. The van der Waals surface area contributed by atoms with E-state index in [1.165, 1.54) is 19.1 Å². The van der Waals surface area contributed by atoms with E-state index in [2.05, 4.69) is 4.98 Å². The van der Waals surface area contributed by atoms with E-state index in [0.717, 1.165) is 11.1 Å². The van der Waals surface area contributed by atoms with Crippen LogP contribution in [0.4, 0.5) is 9.18 Å². The molecule has 5 nitrogen and oxygen atoms in total. The van der Waals surface area contributed by atoms with Crippen LogP contribution in [-0.2, 0) is 16.8 Å². The van der Waals surface area contributed by atoms with Crippen molar-refractivity contribution < 1.29 is 18.7 Å². The van der Waals surface area contributed by atoms with Gasteiger partial charge in [0.15, 0.2) is 5.78 Å². The number of rotatable bonds is 2. The van der Waals surface area contributed by atoms with Crippen molar-refractivity contribution in [3.8, 4) is 11.3 Å². The zero-order valence-corrected chi connectivity index (χ0v) is 18.1. The summed E-state index contributed by atoms with van der Waals surface area (Å²) in [5.41, 5.74) is 1.60. The molecule has 3 rings (SSSR count). The second-order valence-corrected chi connectivity index (χ2v) is 9.10. The van der Waals surface area contributed by atoms with Gasteiger partial charge in [-0.3, -0.25) is 9.69 Å². The van der Waals surface area contributed by atoms with Crippen molar-refractivity contribution in [2.45, 2.75) is 59.2 Å². The number of hydrogen-bond donors (Lipinski definition) is 0. The summed E-state index contributed by atoms with van der Waals surface area (Å²) < 4.78 is 19.2. The summed E-state index contributed by atoms with van der Waals surface area (Å²) in [5, 5.41) is -0.0347. The van der Waals surface area contributed by atoms with E-state index in [4.69, 9.17) is 16.3 Å². The van der Waals surface area contributed by atoms with Crippen molar-refractivity contribution >= 4 is 23.5 Å². The summed E-state index contributed by atoms with van der Waals surface area (Å²) in [7, 11) is 0.